The van der Waals surface area contributed by atoms with Crippen LogP contribution in [0.15, 0.2) is 5.11 Å². The fourth-order valence-corrected chi connectivity index (χ4v) is 0.893. The summed E-state index contributed by atoms with van der Waals surface area (Å²) in [6.07, 6.45) is 0.536. The number of nitrogens with zero attached hydrogens (tertiary/aromatic N) is 3. The molecule has 0 spiro atoms. The first-order chi connectivity index (χ1) is 8.31. The highest BCUT2D eigenvalue weighted by molar-refractivity contribution is 5.77. The van der Waals surface area contributed by atoms with Gasteiger partial charge in [0.25, 0.3) is 0 Å². The molecule has 8 nitrogen and oxygen atoms in total. The highest BCUT2D eigenvalue weighted by Crippen LogP contribution is 1.81. The molecular weight excluding hydrogens is 228 g/mol. The van der Waals surface area contributed by atoms with Crippen LogP contribution >= 0.6 is 0 Å². The molecule has 0 fully saturated rings. The molecule has 0 atom stereocenters. The van der Waals surface area contributed by atoms with Crippen molar-refractivity contribution >= 4 is 5.91 Å². The Morgan fingerprint density at radius 1 is 1.35 bits per heavy atom. The van der Waals surface area contributed by atoms with Gasteiger partial charge in [0.15, 0.2) is 0 Å². The molecule has 0 heterocycles. The van der Waals surface area contributed by atoms with Gasteiger partial charge in [0.2, 0.25) is 5.91 Å². The first-order valence-electron chi connectivity index (χ1n) is 5.35. The van der Waals surface area contributed by atoms with Crippen LogP contribution in [0.25, 0.3) is 10.4 Å². The number of rotatable bonds is 11. The van der Waals surface area contributed by atoms with Crippen LogP contribution in [0.4, 0.5) is 0 Å². The van der Waals surface area contributed by atoms with Gasteiger partial charge in [0.05, 0.1) is 19.8 Å². The largest absolute Gasteiger partial charge is 0.396 e. The van der Waals surface area contributed by atoms with Gasteiger partial charge >= 0.3 is 0 Å². The van der Waals surface area contributed by atoms with Gasteiger partial charge in [-0.1, -0.05) is 5.11 Å². The van der Waals surface area contributed by atoms with E-state index in [0.29, 0.717) is 32.8 Å². The monoisotopic (exact) mass is 246 g/mol. The van der Waals surface area contributed by atoms with Gasteiger partial charge in [-0.25, -0.2) is 0 Å². The van der Waals surface area contributed by atoms with E-state index in [2.05, 4.69) is 15.3 Å². The second-order valence-corrected chi connectivity index (χ2v) is 3.05. The van der Waals surface area contributed by atoms with Crippen LogP contribution in [-0.4, -0.2) is 57.1 Å². The molecule has 0 bridgehead atoms. The minimum absolute atomic E-state index is 0.0227. The Bertz CT molecular complexity index is 243. The van der Waals surface area contributed by atoms with Gasteiger partial charge in [0, 0.05) is 24.6 Å². The Kier molecular flexibility index (Phi) is 11.7. The molecule has 0 aliphatic heterocycles. The summed E-state index contributed by atoms with van der Waals surface area (Å²) in [6, 6.07) is 0. The quantitative estimate of drug-likeness (QED) is 0.228. The smallest absolute Gasteiger partial charge is 0.246 e. The zero-order valence-corrected chi connectivity index (χ0v) is 9.67. The van der Waals surface area contributed by atoms with E-state index in [1.54, 1.807) is 0 Å². The molecular formula is C9H18N4O4. The number of carbonyl (C=O) groups is 1. The van der Waals surface area contributed by atoms with Crippen molar-refractivity contribution in [2.45, 2.75) is 6.42 Å². The Labute approximate surface area is 99.5 Å². The molecule has 17 heavy (non-hydrogen) atoms. The first-order valence-corrected chi connectivity index (χ1v) is 5.35. The molecule has 2 N–H and O–H groups in total. The molecule has 0 aliphatic rings. The van der Waals surface area contributed by atoms with Gasteiger partial charge in [0.1, 0.15) is 6.61 Å². The molecule has 8 heteroatoms. The molecule has 98 valence electrons. The summed E-state index contributed by atoms with van der Waals surface area (Å²) in [6.45, 7) is 1.77. The van der Waals surface area contributed by atoms with Gasteiger partial charge in [-0.05, 0) is 12.0 Å². The van der Waals surface area contributed by atoms with Crippen LogP contribution in [0.1, 0.15) is 6.42 Å². The van der Waals surface area contributed by atoms with Crippen molar-refractivity contribution in [3.05, 3.63) is 10.4 Å². The second kappa shape index (κ2) is 12.7. The lowest BCUT2D eigenvalue weighted by Crippen LogP contribution is -2.29. The third kappa shape index (κ3) is 12.6. The highest BCUT2D eigenvalue weighted by Gasteiger charge is 1.99. The van der Waals surface area contributed by atoms with E-state index in [1.165, 1.54) is 0 Å². The third-order valence-corrected chi connectivity index (χ3v) is 1.66. The molecule has 0 aromatic heterocycles. The number of aliphatic hydroxyl groups is 1. The van der Waals surface area contributed by atoms with E-state index < -0.39 is 0 Å². The van der Waals surface area contributed by atoms with Crippen LogP contribution in [0.2, 0.25) is 0 Å². The van der Waals surface area contributed by atoms with Gasteiger partial charge in [-0.2, -0.15) is 0 Å². The number of amides is 1. The SMILES string of the molecule is [N-]=[N+]=NCCOCCOCC(=O)NCCCO. The zero-order chi connectivity index (χ0) is 12.8. The lowest BCUT2D eigenvalue weighted by molar-refractivity contribution is -0.126. The number of carbonyl (C=O) groups excluding carboxylic acids is 1. The maximum atomic E-state index is 11.1. The van der Waals surface area contributed by atoms with Crippen LogP contribution in [0, 0.1) is 0 Å². The Morgan fingerprint density at radius 2 is 2.12 bits per heavy atom. The standard InChI is InChI=1S/C9H18N4O4/c10-13-12-3-5-16-6-7-17-8-9(15)11-2-1-4-14/h14H,1-8H2,(H,11,15). The topological polar surface area (TPSA) is 117 Å². The summed E-state index contributed by atoms with van der Waals surface area (Å²) in [4.78, 5) is 13.6. The second-order valence-electron chi connectivity index (χ2n) is 3.05. The van der Waals surface area contributed by atoms with E-state index in [-0.39, 0.29) is 25.7 Å². The minimum Gasteiger partial charge on any atom is -0.396 e. The molecule has 0 saturated heterocycles. The van der Waals surface area contributed by atoms with Crippen molar-refractivity contribution < 1.29 is 19.4 Å². The predicted molar refractivity (Wildman–Crippen MR) is 60.4 cm³/mol. The molecule has 0 rings (SSSR count). The molecule has 0 aromatic carbocycles. The van der Waals surface area contributed by atoms with Crippen LogP contribution in [-0.2, 0) is 14.3 Å². The first kappa shape index (κ1) is 15.7. The van der Waals surface area contributed by atoms with E-state index in [9.17, 15) is 4.79 Å². The number of aliphatic hydroxyl groups excluding tert-OH is 1. The van der Waals surface area contributed by atoms with Crippen LogP contribution in [0.5, 0.6) is 0 Å². The summed E-state index contributed by atoms with van der Waals surface area (Å²) < 4.78 is 10.1. The van der Waals surface area contributed by atoms with E-state index >= 15 is 0 Å². The maximum absolute atomic E-state index is 11.1. The van der Waals surface area contributed by atoms with Crippen molar-refractivity contribution in [1.82, 2.24) is 5.32 Å². The normalized spacial score (nSPS) is 9.71. The number of ether oxygens (including phenoxy) is 2. The summed E-state index contributed by atoms with van der Waals surface area (Å²) in [5.41, 5.74) is 7.97. The minimum atomic E-state index is -0.215. The fourth-order valence-electron chi connectivity index (χ4n) is 0.893. The summed E-state index contributed by atoms with van der Waals surface area (Å²) in [7, 11) is 0. The van der Waals surface area contributed by atoms with Crippen molar-refractivity contribution in [1.29, 1.82) is 0 Å². The molecule has 0 aliphatic carbocycles. The predicted octanol–water partition coefficient (Wildman–Crippen LogP) is -0.171. The molecule has 0 unspecified atom stereocenters. The third-order valence-electron chi connectivity index (χ3n) is 1.66. The van der Waals surface area contributed by atoms with Crippen molar-refractivity contribution in [2.75, 3.05) is 46.1 Å². The summed E-state index contributed by atoms with van der Waals surface area (Å²) in [5.74, 6) is -0.215. The lowest BCUT2D eigenvalue weighted by Gasteiger charge is -2.05. The van der Waals surface area contributed by atoms with E-state index in [0.717, 1.165) is 0 Å². The van der Waals surface area contributed by atoms with E-state index in [1.807, 2.05) is 0 Å². The number of hydrogen-bond donors (Lipinski definition) is 2. The maximum Gasteiger partial charge on any atom is 0.246 e. The summed E-state index contributed by atoms with van der Waals surface area (Å²) in [5, 5.41) is 14.4. The van der Waals surface area contributed by atoms with E-state index in [4.69, 9.17) is 20.1 Å². The lowest BCUT2D eigenvalue weighted by atomic mass is 10.4. The van der Waals surface area contributed by atoms with Crippen LogP contribution in [0.3, 0.4) is 0 Å². The molecule has 1 amide bonds. The van der Waals surface area contributed by atoms with Crippen molar-refractivity contribution in [3.8, 4) is 0 Å². The Morgan fingerprint density at radius 3 is 2.82 bits per heavy atom. The number of hydrogen-bond acceptors (Lipinski definition) is 5. The average Bonchev–Trinajstić information content (AvgIpc) is 2.33. The van der Waals surface area contributed by atoms with Gasteiger partial charge in [-0.3, -0.25) is 4.79 Å². The highest BCUT2D eigenvalue weighted by atomic mass is 16.5. The molecule has 0 radical (unpaired) electrons. The number of nitrogens with one attached hydrogen (secondary N) is 1. The average molecular weight is 246 g/mol. The zero-order valence-electron chi connectivity index (χ0n) is 9.67. The summed E-state index contributed by atoms with van der Waals surface area (Å²) >= 11 is 0. The van der Waals surface area contributed by atoms with Crippen LogP contribution < -0.4 is 5.32 Å². The van der Waals surface area contributed by atoms with Crippen molar-refractivity contribution in [3.63, 3.8) is 0 Å². The Hall–Kier alpha value is -1.34. The Balaban J connectivity index is 3.16. The molecule has 0 saturated carbocycles. The number of azide groups is 1. The fraction of sp³-hybridized carbons (Fsp3) is 0.889. The molecule has 0 aromatic rings. The van der Waals surface area contributed by atoms with Gasteiger partial charge in [-0.15, -0.1) is 0 Å². The van der Waals surface area contributed by atoms with Gasteiger partial charge < -0.3 is 19.9 Å². The van der Waals surface area contributed by atoms with Crippen molar-refractivity contribution in [2.24, 2.45) is 5.11 Å².